The van der Waals surface area contributed by atoms with E-state index in [1.807, 2.05) is 36.4 Å². The molecule has 0 fully saturated rings. The van der Waals surface area contributed by atoms with E-state index in [-0.39, 0.29) is 0 Å². The molecule has 2 aromatic rings. The molecular formula is C21H22N2. The smallest absolute Gasteiger partial charge is 0.0688 e. The number of nitrogens with one attached hydrogen (secondary N) is 1. The first-order valence-electron chi connectivity index (χ1n) is 8.02. The summed E-state index contributed by atoms with van der Waals surface area (Å²) in [4.78, 5) is 0. The highest BCUT2D eigenvalue weighted by Crippen LogP contribution is 2.28. The molecule has 0 heterocycles. The molecule has 0 radical (unpaired) electrons. The van der Waals surface area contributed by atoms with Gasteiger partial charge in [0.15, 0.2) is 0 Å². The molecule has 0 saturated carbocycles. The standard InChI is InChI=1S/C21H22N2/c1-16-13-14-19(17(16)2)15-21(18-9-5-3-6-10-18)23-22-20-11-7-4-8-12-20/h3-14,19,22H,15H2,1-2H3. The van der Waals surface area contributed by atoms with E-state index in [2.05, 4.69) is 55.7 Å². The zero-order valence-electron chi connectivity index (χ0n) is 13.7. The molecule has 0 aromatic heterocycles. The normalized spacial score (nSPS) is 17.7. The van der Waals surface area contributed by atoms with Crippen molar-refractivity contribution in [3.8, 4) is 0 Å². The maximum atomic E-state index is 4.70. The second-order valence-electron chi connectivity index (χ2n) is 5.94. The van der Waals surface area contributed by atoms with Crippen LogP contribution in [0.4, 0.5) is 5.69 Å². The average Bonchev–Trinajstić information content (AvgIpc) is 2.92. The van der Waals surface area contributed by atoms with Crippen LogP contribution in [0.2, 0.25) is 0 Å². The average molecular weight is 302 g/mol. The van der Waals surface area contributed by atoms with E-state index in [0.29, 0.717) is 5.92 Å². The van der Waals surface area contributed by atoms with E-state index >= 15 is 0 Å². The van der Waals surface area contributed by atoms with Crippen LogP contribution < -0.4 is 5.43 Å². The molecule has 1 atom stereocenters. The van der Waals surface area contributed by atoms with Crippen molar-refractivity contribution in [1.29, 1.82) is 0 Å². The van der Waals surface area contributed by atoms with Gasteiger partial charge in [0.2, 0.25) is 0 Å². The van der Waals surface area contributed by atoms with Gasteiger partial charge in [0.25, 0.3) is 0 Å². The lowest BCUT2D eigenvalue weighted by atomic mass is 9.93. The highest BCUT2D eigenvalue weighted by molar-refractivity contribution is 6.01. The van der Waals surface area contributed by atoms with Gasteiger partial charge in [-0.15, -0.1) is 0 Å². The molecule has 0 aliphatic heterocycles. The quantitative estimate of drug-likeness (QED) is 0.579. The Morgan fingerprint density at radius 1 is 0.957 bits per heavy atom. The van der Waals surface area contributed by atoms with Gasteiger partial charge in [0.05, 0.1) is 11.4 Å². The largest absolute Gasteiger partial charge is 0.278 e. The Morgan fingerprint density at radius 2 is 1.61 bits per heavy atom. The molecule has 2 nitrogen and oxygen atoms in total. The molecule has 1 N–H and O–H groups in total. The zero-order valence-corrected chi connectivity index (χ0v) is 13.7. The van der Waals surface area contributed by atoms with Crippen molar-refractivity contribution in [3.05, 3.63) is 89.5 Å². The summed E-state index contributed by atoms with van der Waals surface area (Å²) in [5.41, 5.74) is 9.26. The Labute approximate surface area is 138 Å². The molecule has 1 unspecified atom stereocenters. The lowest BCUT2D eigenvalue weighted by molar-refractivity contribution is 0.808. The number of benzene rings is 2. The number of hydrogen-bond donors (Lipinski definition) is 1. The molecule has 0 saturated heterocycles. The number of allylic oxidation sites excluding steroid dienone is 4. The minimum atomic E-state index is 0.437. The summed E-state index contributed by atoms with van der Waals surface area (Å²) in [6.07, 6.45) is 5.41. The molecule has 1 aliphatic carbocycles. The van der Waals surface area contributed by atoms with Crippen LogP contribution in [0.1, 0.15) is 25.8 Å². The van der Waals surface area contributed by atoms with Gasteiger partial charge in [-0.2, -0.15) is 5.10 Å². The second-order valence-corrected chi connectivity index (χ2v) is 5.94. The number of nitrogens with zero attached hydrogens (tertiary/aromatic N) is 1. The third-order valence-corrected chi connectivity index (χ3v) is 4.37. The van der Waals surface area contributed by atoms with Gasteiger partial charge in [-0.1, -0.05) is 71.8 Å². The fraction of sp³-hybridized carbons (Fsp3) is 0.190. The van der Waals surface area contributed by atoms with Crippen LogP contribution in [0, 0.1) is 5.92 Å². The third-order valence-electron chi connectivity index (χ3n) is 4.37. The van der Waals surface area contributed by atoms with E-state index < -0.39 is 0 Å². The van der Waals surface area contributed by atoms with Gasteiger partial charge in [0.1, 0.15) is 0 Å². The Kier molecular flexibility index (Phi) is 4.72. The van der Waals surface area contributed by atoms with Gasteiger partial charge in [-0.25, -0.2) is 0 Å². The van der Waals surface area contributed by atoms with E-state index in [0.717, 1.165) is 17.8 Å². The van der Waals surface area contributed by atoms with Crippen molar-refractivity contribution >= 4 is 11.4 Å². The maximum Gasteiger partial charge on any atom is 0.0688 e. The topological polar surface area (TPSA) is 24.4 Å². The molecule has 0 spiro atoms. The third kappa shape index (κ3) is 3.78. The monoisotopic (exact) mass is 302 g/mol. The lowest BCUT2D eigenvalue weighted by Gasteiger charge is -2.14. The van der Waals surface area contributed by atoms with E-state index in [1.165, 1.54) is 16.7 Å². The van der Waals surface area contributed by atoms with Crippen molar-refractivity contribution in [1.82, 2.24) is 0 Å². The van der Waals surface area contributed by atoms with Gasteiger partial charge in [-0.05, 0) is 31.5 Å². The van der Waals surface area contributed by atoms with Crippen LogP contribution in [0.25, 0.3) is 0 Å². The minimum Gasteiger partial charge on any atom is -0.278 e. The van der Waals surface area contributed by atoms with Gasteiger partial charge >= 0.3 is 0 Å². The van der Waals surface area contributed by atoms with Crippen molar-refractivity contribution in [2.45, 2.75) is 20.3 Å². The number of hydrazone groups is 1. The summed E-state index contributed by atoms with van der Waals surface area (Å²) in [6.45, 7) is 4.39. The highest BCUT2D eigenvalue weighted by atomic mass is 15.3. The van der Waals surface area contributed by atoms with E-state index in [9.17, 15) is 0 Å². The SMILES string of the molecule is CC1=C(C)C(CC(=NNc2ccccc2)c2ccccc2)C=C1. The first-order valence-corrected chi connectivity index (χ1v) is 8.02. The van der Waals surface area contributed by atoms with Crippen LogP contribution in [0.15, 0.2) is 89.1 Å². The molecule has 3 rings (SSSR count). The fourth-order valence-corrected chi connectivity index (χ4v) is 2.76. The zero-order chi connectivity index (χ0) is 16.1. The number of anilines is 1. The first kappa shape index (κ1) is 15.3. The molecular weight excluding hydrogens is 280 g/mol. The summed E-state index contributed by atoms with van der Waals surface area (Å²) in [6, 6.07) is 20.5. The van der Waals surface area contributed by atoms with Crippen LogP contribution in [0.3, 0.4) is 0 Å². The van der Waals surface area contributed by atoms with Crippen molar-refractivity contribution in [2.24, 2.45) is 11.0 Å². The lowest BCUT2D eigenvalue weighted by Crippen LogP contribution is -2.10. The van der Waals surface area contributed by atoms with Gasteiger partial charge in [-0.3, -0.25) is 5.43 Å². The summed E-state index contributed by atoms with van der Waals surface area (Å²) in [5, 5.41) is 4.70. The molecule has 1 aliphatic rings. The molecule has 0 bridgehead atoms. The van der Waals surface area contributed by atoms with Crippen LogP contribution in [-0.2, 0) is 0 Å². The molecule has 23 heavy (non-hydrogen) atoms. The van der Waals surface area contributed by atoms with Crippen molar-refractivity contribution in [3.63, 3.8) is 0 Å². The highest BCUT2D eigenvalue weighted by Gasteiger charge is 2.18. The van der Waals surface area contributed by atoms with Crippen LogP contribution in [-0.4, -0.2) is 5.71 Å². The summed E-state index contributed by atoms with van der Waals surface area (Å²) < 4.78 is 0. The van der Waals surface area contributed by atoms with Crippen molar-refractivity contribution in [2.75, 3.05) is 5.43 Å². The number of hydrogen-bond acceptors (Lipinski definition) is 2. The molecule has 2 heteroatoms. The summed E-state index contributed by atoms with van der Waals surface area (Å²) in [7, 11) is 0. The predicted octanol–water partition coefficient (Wildman–Crippen LogP) is 5.42. The van der Waals surface area contributed by atoms with E-state index in [4.69, 9.17) is 5.10 Å². The second kappa shape index (κ2) is 7.10. The Morgan fingerprint density at radius 3 is 2.22 bits per heavy atom. The molecule has 0 amide bonds. The number of para-hydroxylation sites is 1. The van der Waals surface area contributed by atoms with Crippen LogP contribution >= 0.6 is 0 Å². The van der Waals surface area contributed by atoms with Crippen LogP contribution in [0.5, 0.6) is 0 Å². The maximum absolute atomic E-state index is 4.70. The Hall–Kier alpha value is -2.61. The first-order chi connectivity index (χ1) is 11.2. The van der Waals surface area contributed by atoms with Gasteiger partial charge in [0, 0.05) is 12.3 Å². The Balaban J connectivity index is 1.84. The number of rotatable bonds is 5. The Bertz CT molecular complexity index is 740. The van der Waals surface area contributed by atoms with E-state index in [1.54, 1.807) is 0 Å². The molecule has 2 aromatic carbocycles. The molecule has 116 valence electrons. The minimum absolute atomic E-state index is 0.437. The van der Waals surface area contributed by atoms with Gasteiger partial charge < -0.3 is 0 Å². The summed E-state index contributed by atoms with van der Waals surface area (Å²) in [5.74, 6) is 0.437. The fourth-order valence-electron chi connectivity index (χ4n) is 2.76. The summed E-state index contributed by atoms with van der Waals surface area (Å²) >= 11 is 0. The van der Waals surface area contributed by atoms with Crippen molar-refractivity contribution < 1.29 is 0 Å². The predicted molar refractivity (Wildman–Crippen MR) is 98.7 cm³/mol.